The van der Waals surface area contributed by atoms with Crippen LogP contribution in [0.1, 0.15) is 25.0 Å². The fraction of sp³-hybridized carbons (Fsp3) is 0.368. The van der Waals surface area contributed by atoms with Crippen molar-refractivity contribution in [3.8, 4) is 11.5 Å². The van der Waals surface area contributed by atoms with Crippen LogP contribution in [-0.2, 0) is 11.3 Å². The molecular weight excluding hydrogens is 288 g/mol. The number of allylic oxidation sites excluding steroid dienone is 2. The van der Waals surface area contributed by atoms with Crippen LogP contribution in [0.5, 0.6) is 0 Å². The first-order chi connectivity index (χ1) is 11.3. The molecule has 4 nitrogen and oxygen atoms in total. The number of oxazole rings is 1. The molecular formula is C19H20N2O2. The number of amides is 1. The molecule has 0 radical (unpaired) electrons. The zero-order valence-electron chi connectivity index (χ0n) is 12.9. The summed E-state index contributed by atoms with van der Waals surface area (Å²) < 4.78 is 5.49. The summed E-state index contributed by atoms with van der Waals surface area (Å²) in [6.45, 7) is 0.422. The lowest BCUT2D eigenvalue weighted by Crippen LogP contribution is -2.26. The zero-order chi connectivity index (χ0) is 15.6. The third kappa shape index (κ3) is 3.07. The van der Waals surface area contributed by atoms with Crippen LogP contribution in [0, 0.1) is 17.8 Å². The number of hydrogen-bond acceptors (Lipinski definition) is 3. The van der Waals surface area contributed by atoms with Crippen LogP contribution in [0.15, 0.2) is 53.2 Å². The van der Waals surface area contributed by atoms with Gasteiger partial charge in [0.15, 0.2) is 0 Å². The van der Waals surface area contributed by atoms with Gasteiger partial charge in [0.1, 0.15) is 6.26 Å². The van der Waals surface area contributed by atoms with Crippen molar-refractivity contribution in [2.75, 3.05) is 0 Å². The summed E-state index contributed by atoms with van der Waals surface area (Å²) in [4.78, 5) is 16.6. The van der Waals surface area contributed by atoms with Crippen LogP contribution < -0.4 is 5.32 Å². The maximum absolute atomic E-state index is 12.1. The van der Waals surface area contributed by atoms with Gasteiger partial charge in [-0.2, -0.15) is 0 Å². The van der Waals surface area contributed by atoms with Crippen LogP contribution in [0.3, 0.4) is 0 Å². The Morgan fingerprint density at radius 1 is 1.22 bits per heavy atom. The van der Waals surface area contributed by atoms with Crippen molar-refractivity contribution in [3.05, 3.63) is 54.4 Å². The lowest BCUT2D eigenvalue weighted by molar-refractivity contribution is -0.122. The fourth-order valence-corrected chi connectivity index (χ4v) is 3.73. The van der Waals surface area contributed by atoms with Gasteiger partial charge in [0, 0.05) is 12.0 Å². The molecule has 4 rings (SSSR count). The van der Waals surface area contributed by atoms with E-state index in [4.69, 9.17) is 4.42 Å². The quantitative estimate of drug-likeness (QED) is 0.859. The summed E-state index contributed by atoms with van der Waals surface area (Å²) in [5, 5.41) is 2.96. The van der Waals surface area contributed by atoms with Gasteiger partial charge in [-0.15, -0.1) is 0 Å². The minimum absolute atomic E-state index is 0.111. The third-order valence-corrected chi connectivity index (χ3v) is 4.90. The summed E-state index contributed by atoms with van der Waals surface area (Å²) in [7, 11) is 0. The molecule has 0 aliphatic heterocycles. The first-order valence-corrected chi connectivity index (χ1v) is 8.23. The SMILES string of the molecule is O=C(CC1CC2C=CC1C2)NCc1coc(-c2ccccc2)n1. The third-order valence-electron chi connectivity index (χ3n) is 4.90. The van der Waals surface area contributed by atoms with E-state index in [-0.39, 0.29) is 5.91 Å². The molecule has 1 saturated carbocycles. The van der Waals surface area contributed by atoms with Crippen molar-refractivity contribution >= 4 is 5.91 Å². The fourth-order valence-electron chi connectivity index (χ4n) is 3.73. The van der Waals surface area contributed by atoms with Crippen LogP contribution in [0.25, 0.3) is 11.5 Å². The molecule has 2 aliphatic rings. The normalized spacial score (nSPS) is 25.0. The summed E-state index contributed by atoms with van der Waals surface area (Å²) in [5.74, 6) is 2.54. The van der Waals surface area contributed by atoms with Gasteiger partial charge in [0.05, 0.1) is 12.2 Å². The Labute approximate surface area is 135 Å². The van der Waals surface area contributed by atoms with Crippen LogP contribution in [0.2, 0.25) is 0 Å². The molecule has 1 aromatic heterocycles. The second-order valence-corrected chi connectivity index (χ2v) is 6.53. The lowest BCUT2D eigenvalue weighted by Gasteiger charge is -2.17. The molecule has 2 aliphatic carbocycles. The zero-order valence-corrected chi connectivity index (χ0v) is 12.9. The molecule has 23 heavy (non-hydrogen) atoms. The van der Waals surface area contributed by atoms with E-state index in [1.54, 1.807) is 6.26 Å². The van der Waals surface area contributed by atoms with Crippen molar-refractivity contribution in [3.63, 3.8) is 0 Å². The molecule has 1 fully saturated rings. The van der Waals surface area contributed by atoms with E-state index < -0.39 is 0 Å². The Morgan fingerprint density at radius 2 is 2.09 bits per heavy atom. The Bertz CT molecular complexity index is 720. The maximum Gasteiger partial charge on any atom is 0.226 e. The van der Waals surface area contributed by atoms with E-state index in [0.29, 0.717) is 36.6 Å². The van der Waals surface area contributed by atoms with E-state index in [0.717, 1.165) is 17.7 Å². The molecule has 1 amide bonds. The topological polar surface area (TPSA) is 55.1 Å². The number of aromatic nitrogens is 1. The van der Waals surface area contributed by atoms with Gasteiger partial charge in [-0.1, -0.05) is 30.4 Å². The van der Waals surface area contributed by atoms with E-state index in [1.165, 1.54) is 6.42 Å². The predicted octanol–water partition coefficient (Wildman–Crippen LogP) is 3.56. The van der Waals surface area contributed by atoms with Crippen LogP contribution in [0.4, 0.5) is 0 Å². The molecule has 3 unspecified atom stereocenters. The highest BCUT2D eigenvalue weighted by Crippen LogP contribution is 2.44. The van der Waals surface area contributed by atoms with Crippen LogP contribution in [-0.4, -0.2) is 10.9 Å². The van der Waals surface area contributed by atoms with Gasteiger partial charge >= 0.3 is 0 Å². The summed E-state index contributed by atoms with van der Waals surface area (Å²) in [6.07, 6.45) is 9.23. The first kappa shape index (κ1) is 14.2. The molecule has 1 heterocycles. The Morgan fingerprint density at radius 3 is 2.83 bits per heavy atom. The van der Waals surface area contributed by atoms with Gasteiger partial charge in [-0.05, 0) is 42.7 Å². The number of fused-ring (bicyclic) bond motifs is 2. The number of nitrogens with one attached hydrogen (secondary N) is 1. The molecule has 1 N–H and O–H groups in total. The van der Waals surface area contributed by atoms with Gasteiger partial charge in [-0.25, -0.2) is 4.98 Å². The highest BCUT2D eigenvalue weighted by atomic mass is 16.3. The molecule has 0 spiro atoms. The average Bonchev–Trinajstić information content (AvgIpc) is 3.30. The number of hydrogen-bond donors (Lipinski definition) is 1. The van der Waals surface area contributed by atoms with Gasteiger partial charge in [-0.3, -0.25) is 4.79 Å². The first-order valence-electron chi connectivity index (χ1n) is 8.23. The Hall–Kier alpha value is -2.36. The predicted molar refractivity (Wildman–Crippen MR) is 87.2 cm³/mol. The van der Waals surface area contributed by atoms with E-state index in [1.807, 2.05) is 30.3 Å². The second-order valence-electron chi connectivity index (χ2n) is 6.53. The molecule has 4 heteroatoms. The monoisotopic (exact) mass is 308 g/mol. The molecule has 1 aromatic carbocycles. The van der Waals surface area contributed by atoms with Crippen LogP contribution >= 0.6 is 0 Å². The average molecular weight is 308 g/mol. The summed E-state index contributed by atoms with van der Waals surface area (Å²) >= 11 is 0. The Kier molecular flexibility index (Phi) is 3.74. The molecule has 0 saturated heterocycles. The minimum Gasteiger partial charge on any atom is -0.444 e. The highest BCUT2D eigenvalue weighted by molar-refractivity contribution is 5.76. The summed E-state index contributed by atoms with van der Waals surface area (Å²) in [5.41, 5.74) is 1.70. The smallest absolute Gasteiger partial charge is 0.226 e. The lowest BCUT2D eigenvalue weighted by atomic mass is 9.90. The largest absolute Gasteiger partial charge is 0.444 e. The Balaban J connectivity index is 1.30. The standard InChI is InChI=1S/C19H20N2O2/c22-18(10-16-9-13-6-7-15(16)8-13)20-11-17-12-23-19(21-17)14-4-2-1-3-5-14/h1-7,12-13,15-16H,8-11H2,(H,20,22). The van der Waals surface area contributed by atoms with E-state index >= 15 is 0 Å². The molecule has 118 valence electrons. The van der Waals surface area contributed by atoms with Gasteiger partial charge in [0.2, 0.25) is 11.8 Å². The van der Waals surface area contributed by atoms with Gasteiger partial charge < -0.3 is 9.73 Å². The molecule has 2 bridgehead atoms. The number of carbonyl (C=O) groups is 1. The van der Waals surface area contributed by atoms with Crippen molar-refractivity contribution in [1.82, 2.24) is 10.3 Å². The van der Waals surface area contributed by atoms with Crippen molar-refractivity contribution in [1.29, 1.82) is 0 Å². The van der Waals surface area contributed by atoms with E-state index in [2.05, 4.69) is 22.5 Å². The number of rotatable bonds is 5. The van der Waals surface area contributed by atoms with Gasteiger partial charge in [0.25, 0.3) is 0 Å². The summed E-state index contributed by atoms with van der Waals surface area (Å²) in [6, 6.07) is 9.77. The van der Waals surface area contributed by atoms with Crippen molar-refractivity contribution in [2.45, 2.75) is 25.8 Å². The highest BCUT2D eigenvalue weighted by Gasteiger charge is 2.36. The number of nitrogens with zero attached hydrogens (tertiary/aromatic N) is 1. The number of carbonyl (C=O) groups excluding carboxylic acids is 1. The molecule has 3 atom stereocenters. The van der Waals surface area contributed by atoms with Crippen molar-refractivity contribution < 1.29 is 9.21 Å². The minimum atomic E-state index is 0.111. The van der Waals surface area contributed by atoms with Crippen molar-refractivity contribution in [2.24, 2.45) is 17.8 Å². The second kappa shape index (κ2) is 6.03. The van der Waals surface area contributed by atoms with E-state index in [9.17, 15) is 4.79 Å². The molecule has 2 aromatic rings. The maximum atomic E-state index is 12.1. The number of benzene rings is 1.